The zero-order valence-electron chi connectivity index (χ0n) is 11.9. The molecule has 4 fully saturated rings. The van der Waals surface area contributed by atoms with Gasteiger partial charge in [-0.1, -0.05) is 13.2 Å². The third kappa shape index (κ3) is 2.65. The topological polar surface area (TPSA) is 64.2 Å². The Bertz CT molecular complexity index is 332. The summed E-state index contributed by atoms with van der Waals surface area (Å²) < 4.78 is 0. The summed E-state index contributed by atoms with van der Waals surface area (Å²) in [5.41, 5.74) is 0.0495. The van der Waals surface area contributed by atoms with Gasteiger partial charge >= 0.3 is 0 Å². The highest BCUT2D eigenvalue weighted by Crippen LogP contribution is 2.55. The van der Waals surface area contributed by atoms with E-state index in [1.54, 1.807) is 6.92 Å². The van der Waals surface area contributed by atoms with Crippen molar-refractivity contribution in [1.82, 2.24) is 10.6 Å². The first-order valence-corrected chi connectivity index (χ1v) is 7.70. The van der Waals surface area contributed by atoms with E-state index < -0.39 is 6.23 Å². The van der Waals surface area contributed by atoms with Crippen LogP contribution in [0.5, 0.6) is 0 Å². The Morgan fingerprint density at radius 1 is 1.11 bits per heavy atom. The minimum atomic E-state index is -0.892. The van der Waals surface area contributed by atoms with Gasteiger partial charge < -0.3 is 15.7 Å². The molecule has 4 aliphatic rings. The maximum Gasteiger partial charge on any atom is 0.237 e. The van der Waals surface area contributed by atoms with Gasteiger partial charge in [-0.25, -0.2) is 0 Å². The van der Waals surface area contributed by atoms with Crippen molar-refractivity contribution >= 4 is 5.91 Å². The lowest BCUT2D eigenvalue weighted by Gasteiger charge is -2.57. The number of carbonyl (C=O) groups excluding carboxylic acids is 1. The molecule has 2 unspecified atom stereocenters. The second-order valence-corrected chi connectivity index (χ2v) is 7.22. The fourth-order valence-corrected chi connectivity index (χ4v) is 5.06. The number of carbonyl (C=O) groups is 1. The Labute approximate surface area is 115 Å². The largest absolute Gasteiger partial charge is 0.841 e. The summed E-state index contributed by atoms with van der Waals surface area (Å²) in [4.78, 5) is 12.3. The third-order valence-electron chi connectivity index (χ3n) is 5.30. The van der Waals surface area contributed by atoms with Crippen molar-refractivity contribution < 1.29 is 9.90 Å². The van der Waals surface area contributed by atoms with E-state index in [2.05, 4.69) is 10.6 Å². The molecule has 0 aromatic carbocycles. The highest BCUT2D eigenvalue weighted by molar-refractivity contribution is 5.82. The van der Waals surface area contributed by atoms with Crippen LogP contribution >= 0.6 is 0 Å². The molecule has 4 heteroatoms. The summed E-state index contributed by atoms with van der Waals surface area (Å²) >= 11 is 0. The first-order valence-electron chi connectivity index (χ1n) is 7.70. The molecule has 4 saturated carbocycles. The maximum absolute atomic E-state index is 12.3. The summed E-state index contributed by atoms with van der Waals surface area (Å²) in [6.45, 7) is 3.32. The van der Waals surface area contributed by atoms with E-state index in [-0.39, 0.29) is 17.5 Å². The molecular weight excluding hydrogens is 240 g/mol. The first-order chi connectivity index (χ1) is 8.96. The van der Waals surface area contributed by atoms with Crippen molar-refractivity contribution in [3.63, 3.8) is 0 Å². The van der Waals surface area contributed by atoms with Crippen LogP contribution in [0.3, 0.4) is 0 Å². The van der Waals surface area contributed by atoms with Crippen LogP contribution in [0.15, 0.2) is 0 Å². The molecule has 0 aliphatic heterocycles. The second kappa shape index (κ2) is 4.74. The van der Waals surface area contributed by atoms with Gasteiger partial charge in [0.2, 0.25) is 5.91 Å². The van der Waals surface area contributed by atoms with E-state index in [9.17, 15) is 9.90 Å². The lowest BCUT2D eigenvalue weighted by atomic mass is 9.53. The van der Waals surface area contributed by atoms with E-state index in [1.165, 1.54) is 26.2 Å². The Kier molecular flexibility index (Phi) is 3.34. The van der Waals surface area contributed by atoms with E-state index in [1.807, 2.05) is 0 Å². The molecule has 0 spiro atoms. The van der Waals surface area contributed by atoms with Gasteiger partial charge in [-0.2, -0.15) is 0 Å². The van der Waals surface area contributed by atoms with Crippen LogP contribution in [-0.4, -0.2) is 23.7 Å². The van der Waals surface area contributed by atoms with Crippen molar-refractivity contribution in [2.75, 3.05) is 0 Å². The monoisotopic (exact) mass is 265 g/mol. The van der Waals surface area contributed by atoms with Crippen LogP contribution in [0.4, 0.5) is 0 Å². The van der Waals surface area contributed by atoms with Crippen molar-refractivity contribution in [3.05, 3.63) is 0 Å². The smallest absolute Gasteiger partial charge is 0.237 e. The zero-order valence-corrected chi connectivity index (χ0v) is 11.9. The molecule has 108 valence electrons. The van der Waals surface area contributed by atoms with Crippen molar-refractivity contribution in [3.8, 4) is 0 Å². The van der Waals surface area contributed by atoms with Gasteiger partial charge in [0.05, 0.1) is 6.04 Å². The molecular formula is C15H25N2O2-. The average Bonchev–Trinajstić information content (AvgIpc) is 2.24. The van der Waals surface area contributed by atoms with Crippen LogP contribution in [0.1, 0.15) is 52.4 Å². The first kappa shape index (κ1) is 13.4. The lowest BCUT2D eigenvalue weighted by Crippen LogP contribution is -2.62. The van der Waals surface area contributed by atoms with Gasteiger partial charge in [0.15, 0.2) is 0 Å². The minimum Gasteiger partial charge on any atom is -0.841 e. The SMILES string of the molecule is CC([O-])NC(C)C(=O)NC12CC3CC(CC(C3)C1)C2. The second-order valence-electron chi connectivity index (χ2n) is 7.22. The molecule has 0 aromatic heterocycles. The normalized spacial score (nSPS) is 43.0. The molecule has 4 bridgehead atoms. The lowest BCUT2D eigenvalue weighted by molar-refractivity contribution is -0.423. The van der Waals surface area contributed by atoms with Crippen LogP contribution in [0, 0.1) is 17.8 Å². The fourth-order valence-electron chi connectivity index (χ4n) is 5.06. The zero-order chi connectivity index (χ0) is 13.6. The van der Waals surface area contributed by atoms with Gasteiger partial charge in [-0.05, 0) is 63.2 Å². The van der Waals surface area contributed by atoms with Gasteiger partial charge in [-0.3, -0.25) is 4.79 Å². The quantitative estimate of drug-likeness (QED) is 0.738. The average molecular weight is 265 g/mol. The van der Waals surface area contributed by atoms with Gasteiger partial charge in [0.25, 0.3) is 0 Å². The molecule has 0 radical (unpaired) electrons. The molecule has 4 aliphatic carbocycles. The van der Waals surface area contributed by atoms with Crippen LogP contribution < -0.4 is 15.7 Å². The summed E-state index contributed by atoms with van der Waals surface area (Å²) in [6, 6.07) is -0.388. The molecule has 2 atom stereocenters. The Hall–Kier alpha value is -0.610. The number of nitrogens with one attached hydrogen (secondary N) is 2. The van der Waals surface area contributed by atoms with Gasteiger partial charge in [-0.15, -0.1) is 0 Å². The third-order valence-corrected chi connectivity index (χ3v) is 5.30. The minimum absolute atomic E-state index is 0.00431. The molecule has 4 nitrogen and oxygen atoms in total. The highest BCUT2D eigenvalue weighted by atomic mass is 16.3. The van der Waals surface area contributed by atoms with Gasteiger partial charge in [0.1, 0.15) is 0 Å². The number of hydrogen-bond acceptors (Lipinski definition) is 3. The standard InChI is InChI=1S/C15H25N2O2/c1-9(16-10(2)18)14(19)17-15-6-11-3-12(7-15)5-13(4-11)8-15/h9-13,16H,3-8H2,1-2H3,(H,17,19)/q-1. The number of amides is 1. The van der Waals surface area contributed by atoms with Crippen LogP contribution in [-0.2, 0) is 4.79 Å². The summed E-state index contributed by atoms with van der Waals surface area (Å²) in [5.74, 6) is 2.49. The summed E-state index contributed by atoms with van der Waals surface area (Å²) in [5, 5.41) is 17.2. The van der Waals surface area contributed by atoms with Crippen molar-refractivity contribution in [1.29, 1.82) is 0 Å². The van der Waals surface area contributed by atoms with Crippen molar-refractivity contribution in [2.45, 2.75) is 70.2 Å². The molecule has 19 heavy (non-hydrogen) atoms. The van der Waals surface area contributed by atoms with Crippen LogP contribution in [0.2, 0.25) is 0 Å². The highest BCUT2D eigenvalue weighted by Gasteiger charge is 2.51. The maximum atomic E-state index is 12.3. The Balaban J connectivity index is 1.64. The predicted molar refractivity (Wildman–Crippen MR) is 71.1 cm³/mol. The molecule has 0 saturated heterocycles. The summed E-state index contributed by atoms with van der Waals surface area (Å²) in [6.07, 6.45) is 6.71. The molecule has 0 heterocycles. The molecule has 1 amide bonds. The fraction of sp³-hybridized carbons (Fsp3) is 0.933. The van der Waals surface area contributed by atoms with E-state index in [4.69, 9.17) is 0 Å². The van der Waals surface area contributed by atoms with Crippen LogP contribution in [0.25, 0.3) is 0 Å². The number of rotatable bonds is 4. The Morgan fingerprint density at radius 2 is 1.58 bits per heavy atom. The predicted octanol–water partition coefficient (Wildman–Crippen LogP) is 0.756. The Morgan fingerprint density at radius 3 is 2.00 bits per heavy atom. The van der Waals surface area contributed by atoms with Crippen molar-refractivity contribution in [2.24, 2.45) is 17.8 Å². The molecule has 0 aromatic rings. The van der Waals surface area contributed by atoms with E-state index in [0.717, 1.165) is 37.0 Å². The molecule has 4 rings (SSSR count). The van der Waals surface area contributed by atoms with E-state index >= 15 is 0 Å². The van der Waals surface area contributed by atoms with Gasteiger partial charge in [0, 0.05) is 5.54 Å². The molecule has 2 N–H and O–H groups in total. The van der Waals surface area contributed by atoms with E-state index in [0.29, 0.717) is 0 Å². The number of hydrogen-bond donors (Lipinski definition) is 2. The summed E-state index contributed by atoms with van der Waals surface area (Å²) in [7, 11) is 0.